The molecule has 1 heterocycles. The lowest BCUT2D eigenvalue weighted by atomic mass is 10.1. The van der Waals surface area contributed by atoms with Gasteiger partial charge in [-0.3, -0.25) is 4.79 Å². The summed E-state index contributed by atoms with van der Waals surface area (Å²) in [7, 11) is 0. The Morgan fingerprint density at radius 2 is 2.04 bits per heavy atom. The molecule has 2 aromatic rings. The van der Waals surface area contributed by atoms with E-state index in [0.29, 0.717) is 5.56 Å². The molecule has 2 rings (SSSR count). The first-order valence-corrected chi connectivity index (χ1v) is 8.38. The number of aromatic nitrogens is 1. The minimum Gasteiger partial charge on any atom is -0.439 e. The van der Waals surface area contributed by atoms with Crippen molar-refractivity contribution in [1.82, 2.24) is 10.3 Å². The van der Waals surface area contributed by atoms with Gasteiger partial charge in [0.25, 0.3) is 0 Å². The van der Waals surface area contributed by atoms with Gasteiger partial charge in [-0.1, -0.05) is 32.4 Å². The van der Waals surface area contributed by atoms with Crippen LogP contribution in [0.25, 0.3) is 0 Å². The van der Waals surface area contributed by atoms with Crippen LogP contribution in [-0.4, -0.2) is 10.9 Å². The highest BCUT2D eigenvalue weighted by Gasteiger charge is 2.30. The number of ether oxygens (including phenoxy) is 1. The van der Waals surface area contributed by atoms with Crippen LogP contribution in [0.3, 0.4) is 0 Å². The summed E-state index contributed by atoms with van der Waals surface area (Å²) >= 11 is 0. The maximum Gasteiger partial charge on any atom is 0.416 e. The van der Waals surface area contributed by atoms with E-state index in [0.717, 1.165) is 25.0 Å². The van der Waals surface area contributed by atoms with E-state index >= 15 is 0 Å². The van der Waals surface area contributed by atoms with Crippen molar-refractivity contribution >= 4 is 5.91 Å². The third-order valence-electron chi connectivity index (χ3n) is 3.85. The molecule has 1 N–H and O–H groups in total. The summed E-state index contributed by atoms with van der Waals surface area (Å²) in [5.74, 6) is 0.00551. The molecule has 0 spiro atoms. The fourth-order valence-electron chi connectivity index (χ4n) is 2.42. The molecular formula is C19H21F3N2O2. The fraction of sp³-hybridized carbons (Fsp3) is 0.368. The quantitative estimate of drug-likeness (QED) is 0.755. The Bertz CT molecular complexity index is 748. The summed E-state index contributed by atoms with van der Waals surface area (Å²) in [6, 6.07) is 7.98. The van der Waals surface area contributed by atoms with E-state index in [2.05, 4.69) is 10.3 Å². The number of hydrogen-bond donors (Lipinski definition) is 1. The van der Waals surface area contributed by atoms with E-state index < -0.39 is 11.7 Å². The molecule has 1 unspecified atom stereocenters. The van der Waals surface area contributed by atoms with Crippen molar-refractivity contribution in [2.45, 2.75) is 39.4 Å². The monoisotopic (exact) mass is 366 g/mol. The second-order valence-corrected chi connectivity index (χ2v) is 6.00. The number of nitrogens with zero attached hydrogens (tertiary/aromatic N) is 1. The summed E-state index contributed by atoms with van der Waals surface area (Å²) in [6.45, 7) is 4.04. The minimum absolute atomic E-state index is 0.0328. The number of hydrogen-bond acceptors (Lipinski definition) is 3. The Kier molecular flexibility index (Phi) is 6.60. The van der Waals surface area contributed by atoms with Gasteiger partial charge in [0, 0.05) is 24.2 Å². The van der Waals surface area contributed by atoms with Crippen LogP contribution in [0, 0.1) is 5.92 Å². The van der Waals surface area contributed by atoms with Gasteiger partial charge >= 0.3 is 6.18 Å². The number of carbonyl (C=O) groups is 1. The number of rotatable bonds is 7. The molecule has 0 aliphatic carbocycles. The van der Waals surface area contributed by atoms with Gasteiger partial charge in [0.2, 0.25) is 11.8 Å². The third kappa shape index (κ3) is 5.47. The van der Waals surface area contributed by atoms with Gasteiger partial charge in [-0.2, -0.15) is 13.2 Å². The molecule has 0 saturated heterocycles. The van der Waals surface area contributed by atoms with Crippen molar-refractivity contribution in [3.05, 3.63) is 53.7 Å². The topological polar surface area (TPSA) is 51.2 Å². The van der Waals surface area contributed by atoms with Crippen LogP contribution >= 0.6 is 0 Å². The normalized spacial score (nSPS) is 12.5. The van der Waals surface area contributed by atoms with E-state index in [9.17, 15) is 18.0 Å². The zero-order valence-corrected chi connectivity index (χ0v) is 14.6. The molecule has 4 nitrogen and oxygen atoms in total. The Morgan fingerprint density at radius 1 is 1.27 bits per heavy atom. The Morgan fingerprint density at radius 3 is 2.73 bits per heavy atom. The molecule has 26 heavy (non-hydrogen) atoms. The van der Waals surface area contributed by atoms with E-state index in [4.69, 9.17) is 4.74 Å². The van der Waals surface area contributed by atoms with Gasteiger partial charge < -0.3 is 10.1 Å². The Balaban J connectivity index is 2.11. The van der Waals surface area contributed by atoms with Crippen LogP contribution in [0.5, 0.6) is 11.6 Å². The molecule has 140 valence electrons. The number of benzene rings is 1. The van der Waals surface area contributed by atoms with Crippen LogP contribution in [0.2, 0.25) is 0 Å². The van der Waals surface area contributed by atoms with Gasteiger partial charge in [-0.05, 0) is 30.7 Å². The average molecular weight is 366 g/mol. The van der Waals surface area contributed by atoms with Crippen molar-refractivity contribution in [2.24, 2.45) is 5.92 Å². The molecule has 0 bridgehead atoms. The molecule has 1 atom stereocenters. The summed E-state index contributed by atoms with van der Waals surface area (Å²) in [5.41, 5.74) is -0.212. The molecule has 1 aromatic heterocycles. The number of alkyl halides is 3. The lowest BCUT2D eigenvalue weighted by Crippen LogP contribution is -2.28. The number of carbonyl (C=O) groups excluding carboxylic acids is 1. The molecule has 0 fully saturated rings. The standard InChI is InChI=1S/C19H21F3N2O2/c1-3-6-13(2)17(25)24-12-14-7-5-10-23-18(14)26-16-9-4-8-15(11-16)19(20,21)22/h4-5,7-11,13H,3,6,12H2,1-2H3,(H,24,25). The van der Waals surface area contributed by atoms with Crippen LogP contribution < -0.4 is 10.1 Å². The smallest absolute Gasteiger partial charge is 0.416 e. The van der Waals surface area contributed by atoms with Crippen LogP contribution in [0.4, 0.5) is 13.2 Å². The zero-order chi connectivity index (χ0) is 19.2. The van der Waals surface area contributed by atoms with Gasteiger partial charge in [0.1, 0.15) is 5.75 Å². The zero-order valence-electron chi connectivity index (χ0n) is 14.6. The van der Waals surface area contributed by atoms with Crippen molar-refractivity contribution < 1.29 is 22.7 Å². The van der Waals surface area contributed by atoms with Crippen molar-refractivity contribution in [1.29, 1.82) is 0 Å². The lowest BCUT2D eigenvalue weighted by molar-refractivity contribution is -0.137. The van der Waals surface area contributed by atoms with Crippen molar-refractivity contribution in [2.75, 3.05) is 0 Å². The SMILES string of the molecule is CCCC(C)C(=O)NCc1cccnc1Oc1cccc(C(F)(F)F)c1. The van der Waals surface area contributed by atoms with Gasteiger partial charge in [0.05, 0.1) is 5.56 Å². The van der Waals surface area contributed by atoms with Gasteiger partial charge in [-0.25, -0.2) is 4.98 Å². The predicted molar refractivity (Wildman–Crippen MR) is 91.7 cm³/mol. The van der Waals surface area contributed by atoms with Crippen LogP contribution in [-0.2, 0) is 17.5 Å². The second-order valence-electron chi connectivity index (χ2n) is 6.00. The summed E-state index contributed by atoms with van der Waals surface area (Å²) in [6.07, 6.45) is -1.28. The fourth-order valence-corrected chi connectivity index (χ4v) is 2.42. The second kappa shape index (κ2) is 8.69. The minimum atomic E-state index is -4.45. The average Bonchev–Trinajstić information content (AvgIpc) is 2.60. The van der Waals surface area contributed by atoms with Crippen LogP contribution in [0.1, 0.15) is 37.8 Å². The number of nitrogens with one attached hydrogen (secondary N) is 1. The first-order chi connectivity index (χ1) is 12.3. The van der Waals surface area contributed by atoms with E-state index in [1.54, 1.807) is 12.1 Å². The van der Waals surface area contributed by atoms with E-state index in [1.807, 2.05) is 13.8 Å². The number of amides is 1. The summed E-state index contributed by atoms with van der Waals surface area (Å²) in [5, 5.41) is 2.81. The highest BCUT2D eigenvalue weighted by Crippen LogP contribution is 2.32. The van der Waals surface area contributed by atoms with E-state index in [1.165, 1.54) is 18.3 Å². The predicted octanol–water partition coefficient (Wildman–Crippen LogP) is 4.95. The molecule has 7 heteroatoms. The highest BCUT2D eigenvalue weighted by atomic mass is 19.4. The lowest BCUT2D eigenvalue weighted by Gasteiger charge is -2.14. The molecule has 0 aliphatic heterocycles. The largest absolute Gasteiger partial charge is 0.439 e. The molecule has 1 amide bonds. The molecule has 0 saturated carbocycles. The number of halogens is 3. The molecule has 1 aromatic carbocycles. The van der Waals surface area contributed by atoms with Gasteiger partial charge in [0.15, 0.2) is 0 Å². The summed E-state index contributed by atoms with van der Waals surface area (Å²) < 4.78 is 44.0. The van der Waals surface area contributed by atoms with Crippen LogP contribution in [0.15, 0.2) is 42.6 Å². The Hall–Kier alpha value is -2.57. The molecule has 0 radical (unpaired) electrons. The third-order valence-corrected chi connectivity index (χ3v) is 3.85. The highest BCUT2D eigenvalue weighted by molar-refractivity contribution is 5.78. The summed E-state index contributed by atoms with van der Waals surface area (Å²) in [4.78, 5) is 16.1. The first-order valence-electron chi connectivity index (χ1n) is 8.38. The van der Waals surface area contributed by atoms with Gasteiger partial charge in [-0.15, -0.1) is 0 Å². The van der Waals surface area contributed by atoms with Crippen molar-refractivity contribution in [3.63, 3.8) is 0 Å². The first kappa shape index (κ1) is 19.8. The molecule has 0 aliphatic rings. The molecular weight excluding hydrogens is 345 g/mol. The Labute approximate surface area is 150 Å². The van der Waals surface area contributed by atoms with Crippen molar-refractivity contribution in [3.8, 4) is 11.6 Å². The van der Waals surface area contributed by atoms with E-state index in [-0.39, 0.29) is 30.0 Å². The maximum absolute atomic E-state index is 12.8. The number of pyridine rings is 1. The maximum atomic E-state index is 12.8.